The Morgan fingerprint density at radius 3 is 2.75 bits per heavy atom. The first-order valence-corrected chi connectivity index (χ1v) is 9.08. The van der Waals surface area contributed by atoms with E-state index in [9.17, 15) is 8.42 Å². The van der Waals surface area contributed by atoms with Gasteiger partial charge in [0.2, 0.25) is 10.0 Å². The van der Waals surface area contributed by atoms with E-state index in [-0.39, 0.29) is 0 Å². The van der Waals surface area contributed by atoms with Crippen LogP contribution < -0.4 is 5.73 Å². The van der Waals surface area contributed by atoms with Crippen molar-refractivity contribution < 1.29 is 8.42 Å². The topological polar surface area (TPSA) is 66.6 Å². The summed E-state index contributed by atoms with van der Waals surface area (Å²) in [6.45, 7) is 3.42. The molecule has 1 aliphatic rings. The predicted octanol–water partition coefficient (Wildman–Crippen LogP) is 1.23. The van der Waals surface area contributed by atoms with Gasteiger partial charge in [-0.25, -0.2) is 8.42 Å². The molecule has 1 saturated heterocycles. The zero-order chi connectivity index (χ0) is 14.9. The molecule has 5 nitrogen and oxygen atoms in total. The van der Waals surface area contributed by atoms with Crippen LogP contribution in [-0.4, -0.2) is 50.8 Å². The maximum Gasteiger partial charge on any atom is 0.244 e. The number of thiophene rings is 1. The Bertz CT molecular complexity index is 566. The van der Waals surface area contributed by atoms with Gasteiger partial charge in [0.25, 0.3) is 0 Å². The summed E-state index contributed by atoms with van der Waals surface area (Å²) >= 11 is 1.47. The third-order valence-electron chi connectivity index (χ3n) is 3.83. The van der Waals surface area contributed by atoms with Gasteiger partial charge in [0, 0.05) is 35.4 Å². The highest BCUT2D eigenvalue weighted by Gasteiger charge is 2.32. The van der Waals surface area contributed by atoms with Crippen molar-refractivity contribution in [1.29, 1.82) is 0 Å². The summed E-state index contributed by atoms with van der Waals surface area (Å²) in [5, 5.41) is 0. The average Bonchev–Trinajstić information content (AvgIpc) is 2.81. The maximum atomic E-state index is 12.8. The number of hydrogen-bond acceptors (Lipinski definition) is 5. The standard InChI is InChI=1S/C13H23N3O2S2/c1-10-13(7-12(8-14)19-10)20(17,18)16-6-4-5-11(9-16)15(2)3/h7,11H,4-6,8-9,14H2,1-3H3. The van der Waals surface area contributed by atoms with Crippen LogP contribution in [0.2, 0.25) is 0 Å². The Balaban J connectivity index is 2.27. The van der Waals surface area contributed by atoms with Gasteiger partial charge in [-0.3, -0.25) is 0 Å². The zero-order valence-corrected chi connectivity index (χ0v) is 13.9. The molecule has 2 rings (SSSR count). The summed E-state index contributed by atoms with van der Waals surface area (Å²) in [6.07, 6.45) is 1.96. The van der Waals surface area contributed by atoms with Crippen LogP contribution >= 0.6 is 11.3 Å². The van der Waals surface area contributed by atoms with Crippen molar-refractivity contribution in [3.8, 4) is 0 Å². The second kappa shape index (κ2) is 6.11. The molecular weight excluding hydrogens is 294 g/mol. The van der Waals surface area contributed by atoms with E-state index in [4.69, 9.17) is 5.73 Å². The number of hydrogen-bond donors (Lipinski definition) is 1. The molecule has 1 unspecified atom stereocenters. The van der Waals surface area contributed by atoms with Gasteiger partial charge in [-0.2, -0.15) is 4.31 Å². The third-order valence-corrected chi connectivity index (χ3v) is 7.03. The number of rotatable bonds is 4. The van der Waals surface area contributed by atoms with Crippen molar-refractivity contribution in [2.75, 3.05) is 27.2 Å². The van der Waals surface area contributed by atoms with E-state index in [1.54, 1.807) is 10.4 Å². The van der Waals surface area contributed by atoms with Gasteiger partial charge in [-0.1, -0.05) is 0 Å². The molecule has 0 amide bonds. The Kier molecular flexibility index (Phi) is 4.86. The van der Waals surface area contributed by atoms with Crippen LogP contribution in [0.3, 0.4) is 0 Å². The SMILES string of the molecule is Cc1sc(CN)cc1S(=O)(=O)N1CCCC(N(C)C)C1. The van der Waals surface area contributed by atoms with Gasteiger partial charge >= 0.3 is 0 Å². The Labute approximate surface area is 125 Å². The molecule has 114 valence electrons. The van der Waals surface area contributed by atoms with Crippen LogP contribution in [0.15, 0.2) is 11.0 Å². The fraction of sp³-hybridized carbons (Fsp3) is 0.692. The minimum absolute atomic E-state index is 0.298. The van der Waals surface area contributed by atoms with E-state index in [2.05, 4.69) is 4.90 Å². The predicted molar refractivity (Wildman–Crippen MR) is 82.4 cm³/mol. The van der Waals surface area contributed by atoms with Gasteiger partial charge in [0.15, 0.2) is 0 Å². The lowest BCUT2D eigenvalue weighted by atomic mass is 10.1. The lowest BCUT2D eigenvalue weighted by Crippen LogP contribution is -2.47. The van der Waals surface area contributed by atoms with Gasteiger partial charge in [-0.05, 0) is 39.9 Å². The van der Waals surface area contributed by atoms with Crippen molar-refractivity contribution in [2.24, 2.45) is 5.73 Å². The number of nitrogens with zero attached hydrogens (tertiary/aromatic N) is 2. The van der Waals surface area contributed by atoms with E-state index < -0.39 is 10.0 Å². The second-order valence-electron chi connectivity index (χ2n) is 5.46. The van der Waals surface area contributed by atoms with Gasteiger partial charge in [0.05, 0.1) is 4.90 Å². The summed E-state index contributed by atoms with van der Waals surface area (Å²) in [5.41, 5.74) is 5.61. The lowest BCUT2D eigenvalue weighted by Gasteiger charge is -2.35. The van der Waals surface area contributed by atoms with Crippen LogP contribution in [0.5, 0.6) is 0 Å². The summed E-state index contributed by atoms with van der Waals surface area (Å²) in [7, 11) is 0.619. The van der Waals surface area contributed by atoms with Gasteiger partial charge < -0.3 is 10.6 Å². The van der Waals surface area contributed by atoms with Crippen LogP contribution in [-0.2, 0) is 16.6 Å². The molecule has 0 aromatic carbocycles. The second-order valence-corrected chi connectivity index (χ2v) is 8.71. The fourth-order valence-electron chi connectivity index (χ4n) is 2.58. The molecule has 1 atom stereocenters. The molecular formula is C13H23N3O2S2. The first-order chi connectivity index (χ1) is 9.36. The Morgan fingerprint density at radius 2 is 2.20 bits per heavy atom. The van der Waals surface area contributed by atoms with E-state index in [0.29, 0.717) is 30.6 Å². The normalized spacial score (nSPS) is 21.6. The summed E-state index contributed by atoms with van der Waals surface area (Å²) in [4.78, 5) is 4.29. The van der Waals surface area contributed by atoms with E-state index in [1.165, 1.54) is 11.3 Å². The van der Waals surface area contributed by atoms with Gasteiger partial charge in [0.1, 0.15) is 0 Å². The van der Waals surface area contributed by atoms with Gasteiger partial charge in [-0.15, -0.1) is 11.3 Å². The monoisotopic (exact) mass is 317 g/mol. The first-order valence-electron chi connectivity index (χ1n) is 6.82. The molecule has 1 aliphatic heterocycles. The number of nitrogens with two attached hydrogens (primary N) is 1. The fourth-order valence-corrected chi connectivity index (χ4v) is 5.58. The molecule has 20 heavy (non-hydrogen) atoms. The highest BCUT2D eigenvalue weighted by molar-refractivity contribution is 7.89. The molecule has 1 aromatic rings. The first kappa shape index (κ1) is 15.9. The smallest absolute Gasteiger partial charge is 0.244 e. The average molecular weight is 317 g/mol. The quantitative estimate of drug-likeness (QED) is 0.907. The van der Waals surface area contributed by atoms with Crippen molar-refractivity contribution >= 4 is 21.4 Å². The van der Waals surface area contributed by atoms with Crippen LogP contribution in [0.25, 0.3) is 0 Å². The highest BCUT2D eigenvalue weighted by Crippen LogP contribution is 2.29. The molecule has 1 aromatic heterocycles. The lowest BCUT2D eigenvalue weighted by molar-refractivity contribution is 0.190. The van der Waals surface area contributed by atoms with Crippen molar-refractivity contribution in [2.45, 2.75) is 37.2 Å². The number of aryl methyl sites for hydroxylation is 1. The summed E-state index contributed by atoms with van der Waals surface area (Å²) in [5.74, 6) is 0. The Morgan fingerprint density at radius 1 is 1.50 bits per heavy atom. The summed E-state index contributed by atoms with van der Waals surface area (Å²) < 4.78 is 27.2. The maximum absolute atomic E-state index is 12.8. The minimum atomic E-state index is -3.39. The third kappa shape index (κ3) is 3.07. The van der Waals surface area contributed by atoms with E-state index >= 15 is 0 Å². The largest absolute Gasteiger partial charge is 0.326 e. The van der Waals surface area contributed by atoms with Crippen molar-refractivity contribution in [1.82, 2.24) is 9.21 Å². The molecule has 0 spiro atoms. The molecule has 1 fully saturated rings. The molecule has 0 aliphatic carbocycles. The van der Waals surface area contributed by atoms with Crippen LogP contribution in [0, 0.1) is 6.92 Å². The summed E-state index contributed by atoms with van der Waals surface area (Å²) in [6, 6.07) is 2.03. The van der Waals surface area contributed by atoms with Crippen molar-refractivity contribution in [3.63, 3.8) is 0 Å². The number of piperidine rings is 1. The molecule has 0 saturated carbocycles. The highest BCUT2D eigenvalue weighted by atomic mass is 32.2. The van der Waals surface area contributed by atoms with Crippen molar-refractivity contribution in [3.05, 3.63) is 15.8 Å². The minimum Gasteiger partial charge on any atom is -0.326 e. The zero-order valence-electron chi connectivity index (χ0n) is 12.3. The Hall–Kier alpha value is -0.470. The van der Waals surface area contributed by atoms with E-state index in [0.717, 1.165) is 22.6 Å². The van der Waals surface area contributed by atoms with Crippen LogP contribution in [0.1, 0.15) is 22.6 Å². The molecule has 0 bridgehead atoms. The molecule has 0 radical (unpaired) electrons. The molecule has 2 heterocycles. The van der Waals surface area contributed by atoms with Crippen LogP contribution in [0.4, 0.5) is 0 Å². The van der Waals surface area contributed by atoms with E-state index in [1.807, 2.05) is 21.0 Å². The molecule has 2 N–H and O–H groups in total. The number of sulfonamides is 1. The molecule has 7 heteroatoms. The number of likely N-dealkylation sites (N-methyl/N-ethyl adjacent to an activating group) is 1.